The number of hydrogen-bond acceptors (Lipinski definition) is 6. The number of benzene rings is 2. The molecule has 6 nitrogen and oxygen atoms in total. The third kappa shape index (κ3) is 5.14. The van der Waals surface area contributed by atoms with Crippen molar-refractivity contribution in [2.24, 2.45) is 0 Å². The molecule has 170 valence electrons. The van der Waals surface area contributed by atoms with Crippen molar-refractivity contribution in [1.29, 1.82) is 0 Å². The average molecular weight is 438 g/mol. The van der Waals surface area contributed by atoms with Gasteiger partial charge in [-0.15, -0.1) is 0 Å². The van der Waals surface area contributed by atoms with Crippen LogP contribution in [-0.4, -0.2) is 58.3 Å². The minimum atomic E-state index is 0.0477. The number of ketones is 1. The fourth-order valence-corrected chi connectivity index (χ4v) is 3.72. The summed E-state index contributed by atoms with van der Waals surface area (Å²) < 4.78 is 21.5. The van der Waals surface area contributed by atoms with Gasteiger partial charge in [-0.1, -0.05) is 12.1 Å². The van der Waals surface area contributed by atoms with Gasteiger partial charge in [0.1, 0.15) is 0 Å². The van der Waals surface area contributed by atoms with Crippen molar-refractivity contribution in [3.05, 3.63) is 58.7 Å². The van der Waals surface area contributed by atoms with E-state index in [1.807, 2.05) is 48.6 Å². The third-order valence-electron chi connectivity index (χ3n) is 5.56. The standard InChI is InChI=1S/C26H31NO5/c1-17(2)27-15-20(11-18-7-9-22(29-3)24(13-18)31-5)26(28)21(16-27)12-19-8-10-23(30-4)25(14-19)32-6/h7-14,17H,15-16H2,1-6H3/b20-11+,21-12+. The molecule has 0 saturated carbocycles. The Balaban J connectivity index is 1.99. The second-order valence-electron chi connectivity index (χ2n) is 7.90. The van der Waals surface area contributed by atoms with Crippen molar-refractivity contribution in [3.8, 4) is 23.0 Å². The number of ether oxygens (including phenoxy) is 4. The highest BCUT2D eigenvalue weighted by Crippen LogP contribution is 2.31. The summed E-state index contributed by atoms with van der Waals surface area (Å²) >= 11 is 0. The van der Waals surface area contributed by atoms with Crippen LogP contribution in [0.4, 0.5) is 0 Å². The van der Waals surface area contributed by atoms with Gasteiger partial charge < -0.3 is 18.9 Å². The number of carbonyl (C=O) groups is 1. The Morgan fingerprint density at radius 3 is 1.47 bits per heavy atom. The van der Waals surface area contributed by atoms with Crippen LogP contribution in [0.2, 0.25) is 0 Å². The van der Waals surface area contributed by atoms with Gasteiger partial charge in [0.2, 0.25) is 0 Å². The number of Topliss-reactive ketones (excluding diaryl/α,β-unsaturated/α-hetero) is 1. The Hall–Kier alpha value is -3.25. The van der Waals surface area contributed by atoms with E-state index in [0.29, 0.717) is 42.1 Å². The van der Waals surface area contributed by atoms with Crippen LogP contribution >= 0.6 is 0 Å². The summed E-state index contributed by atoms with van der Waals surface area (Å²) in [6.07, 6.45) is 3.86. The molecule has 1 saturated heterocycles. The molecule has 2 aromatic carbocycles. The summed E-state index contributed by atoms with van der Waals surface area (Å²) in [5, 5.41) is 0. The Bertz CT molecular complexity index is 961. The lowest BCUT2D eigenvalue weighted by atomic mass is 9.93. The van der Waals surface area contributed by atoms with E-state index in [2.05, 4.69) is 18.7 Å². The molecule has 3 rings (SSSR count). The summed E-state index contributed by atoms with van der Waals surface area (Å²) in [5.74, 6) is 2.62. The number of piperidine rings is 1. The Morgan fingerprint density at radius 2 is 1.12 bits per heavy atom. The molecule has 0 aromatic heterocycles. The van der Waals surface area contributed by atoms with E-state index in [-0.39, 0.29) is 5.78 Å². The molecule has 1 aliphatic heterocycles. The van der Waals surface area contributed by atoms with Crippen LogP contribution in [0.3, 0.4) is 0 Å². The number of methoxy groups -OCH3 is 4. The van der Waals surface area contributed by atoms with E-state index >= 15 is 0 Å². The number of rotatable bonds is 7. The van der Waals surface area contributed by atoms with Crippen LogP contribution < -0.4 is 18.9 Å². The molecule has 0 unspecified atom stereocenters. The summed E-state index contributed by atoms with van der Waals surface area (Å²) in [6, 6.07) is 11.6. The topological polar surface area (TPSA) is 57.2 Å². The van der Waals surface area contributed by atoms with Crippen LogP contribution in [-0.2, 0) is 4.79 Å². The summed E-state index contributed by atoms with van der Waals surface area (Å²) in [7, 11) is 6.41. The van der Waals surface area contributed by atoms with Crippen LogP contribution in [0.15, 0.2) is 47.5 Å². The molecule has 6 heteroatoms. The van der Waals surface area contributed by atoms with Crippen LogP contribution in [0.25, 0.3) is 12.2 Å². The first kappa shape index (κ1) is 23.4. The van der Waals surface area contributed by atoms with Gasteiger partial charge >= 0.3 is 0 Å². The van der Waals surface area contributed by atoms with E-state index in [0.717, 1.165) is 22.3 Å². The maximum atomic E-state index is 13.4. The maximum absolute atomic E-state index is 13.4. The molecule has 0 N–H and O–H groups in total. The lowest BCUT2D eigenvalue weighted by Gasteiger charge is -2.32. The molecule has 32 heavy (non-hydrogen) atoms. The molecule has 0 aliphatic carbocycles. The Morgan fingerprint density at radius 1 is 0.719 bits per heavy atom. The van der Waals surface area contributed by atoms with Crippen LogP contribution in [0.1, 0.15) is 25.0 Å². The fourth-order valence-electron chi connectivity index (χ4n) is 3.72. The van der Waals surface area contributed by atoms with Gasteiger partial charge in [0, 0.05) is 30.3 Å². The molecular formula is C26H31NO5. The first-order chi connectivity index (χ1) is 15.4. The molecule has 0 spiro atoms. The highest BCUT2D eigenvalue weighted by molar-refractivity contribution is 6.14. The van der Waals surface area contributed by atoms with Crippen molar-refractivity contribution < 1.29 is 23.7 Å². The van der Waals surface area contributed by atoms with Gasteiger partial charge in [-0.05, 0) is 61.4 Å². The third-order valence-corrected chi connectivity index (χ3v) is 5.56. The normalized spacial score (nSPS) is 17.2. The first-order valence-electron chi connectivity index (χ1n) is 10.5. The quantitative estimate of drug-likeness (QED) is 0.596. The van der Waals surface area contributed by atoms with Crippen molar-refractivity contribution >= 4 is 17.9 Å². The van der Waals surface area contributed by atoms with Gasteiger partial charge in [0.25, 0.3) is 0 Å². The second kappa shape index (κ2) is 10.4. The van der Waals surface area contributed by atoms with Gasteiger partial charge in [-0.3, -0.25) is 9.69 Å². The van der Waals surface area contributed by atoms with E-state index in [1.165, 1.54) is 0 Å². The zero-order chi connectivity index (χ0) is 23.3. The minimum absolute atomic E-state index is 0.0477. The molecule has 0 bridgehead atoms. The summed E-state index contributed by atoms with van der Waals surface area (Å²) in [5.41, 5.74) is 3.26. The Labute approximate surface area is 190 Å². The van der Waals surface area contributed by atoms with Crippen molar-refractivity contribution in [2.75, 3.05) is 41.5 Å². The lowest BCUT2D eigenvalue weighted by molar-refractivity contribution is -0.113. The molecule has 1 heterocycles. The van der Waals surface area contributed by atoms with Gasteiger partial charge in [0.15, 0.2) is 28.8 Å². The monoisotopic (exact) mass is 437 g/mol. The number of carbonyl (C=O) groups excluding carboxylic acids is 1. The molecule has 0 radical (unpaired) electrons. The largest absolute Gasteiger partial charge is 0.493 e. The zero-order valence-electron chi connectivity index (χ0n) is 19.6. The number of likely N-dealkylation sites (tertiary alicyclic amines) is 1. The van der Waals surface area contributed by atoms with E-state index in [4.69, 9.17) is 18.9 Å². The van der Waals surface area contributed by atoms with Crippen molar-refractivity contribution in [3.63, 3.8) is 0 Å². The van der Waals surface area contributed by atoms with Gasteiger partial charge in [-0.25, -0.2) is 0 Å². The average Bonchev–Trinajstić information content (AvgIpc) is 2.81. The summed E-state index contributed by atoms with van der Waals surface area (Å²) in [6.45, 7) is 5.46. The zero-order valence-corrected chi connectivity index (χ0v) is 19.6. The molecular weight excluding hydrogens is 406 g/mol. The maximum Gasteiger partial charge on any atom is 0.187 e. The minimum Gasteiger partial charge on any atom is -0.493 e. The molecule has 1 fully saturated rings. The van der Waals surface area contributed by atoms with E-state index in [9.17, 15) is 4.79 Å². The second-order valence-corrected chi connectivity index (χ2v) is 7.90. The van der Waals surface area contributed by atoms with Crippen molar-refractivity contribution in [1.82, 2.24) is 4.90 Å². The molecule has 0 atom stereocenters. The lowest BCUT2D eigenvalue weighted by Crippen LogP contribution is -2.41. The molecule has 1 aliphatic rings. The predicted molar refractivity (Wildman–Crippen MR) is 127 cm³/mol. The molecule has 2 aromatic rings. The highest BCUT2D eigenvalue weighted by atomic mass is 16.5. The van der Waals surface area contributed by atoms with E-state index < -0.39 is 0 Å². The number of nitrogens with zero attached hydrogens (tertiary/aromatic N) is 1. The first-order valence-corrected chi connectivity index (χ1v) is 10.5. The number of hydrogen-bond donors (Lipinski definition) is 0. The smallest absolute Gasteiger partial charge is 0.187 e. The fraction of sp³-hybridized carbons (Fsp3) is 0.346. The molecule has 0 amide bonds. The Kier molecular flexibility index (Phi) is 7.59. The van der Waals surface area contributed by atoms with Gasteiger partial charge in [-0.2, -0.15) is 0 Å². The SMILES string of the molecule is COc1ccc(/C=C2\CN(C(C)C)C/C(=C\c3ccc(OC)c(OC)c3)C2=O)cc1OC. The summed E-state index contributed by atoms with van der Waals surface area (Å²) in [4.78, 5) is 15.7. The predicted octanol–water partition coefficient (Wildman–Crippen LogP) is 4.48. The highest BCUT2D eigenvalue weighted by Gasteiger charge is 2.27. The van der Waals surface area contributed by atoms with E-state index in [1.54, 1.807) is 28.4 Å². The van der Waals surface area contributed by atoms with Crippen LogP contribution in [0, 0.1) is 0 Å². The van der Waals surface area contributed by atoms with Gasteiger partial charge in [0.05, 0.1) is 28.4 Å². The van der Waals surface area contributed by atoms with Crippen LogP contribution in [0.5, 0.6) is 23.0 Å². The van der Waals surface area contributed by atoms with Crippen molar-refractivity contribution in [2.45, 2.75) is 19.9 Å².